The van der Waals surface area contributed by atoms with E-state index in [0.29, 0.717) is 23.5 Å². The van der Waals surface area contributed by atoms with E-state index < -0.39 is 0 Å². The summed E-state index contributed by atoms with van der Waals surface area (Å²) >= 11 is 0. The smallest absolute Gasteiger partial charge is 0.245 e. The highest BCUT2D eigenvalue weighted by molar-refractivity contribution is 6.03. The summed E-state index contributed by atoms with van der Waals surface area (Å²) < 4.78 is 7.96. The van der Waals surface area contributed by atoms with Gasteiger partial charge in [0.15, 0.2) is 0 Å². The lowest BCUT2D eigenvalue weighted by Gasteiger charge is -2.45. The Morgan fingerprint density at radius 3 is 2.59 bits per heavy atom. The first-order chi connectivity index (χ1) is 19.9. The highest BCUT2D eigenvalue weighted by atomic mass is 16.5. The molecule has 0 atom stereocenters. The quantitative estimate of drug-likeness (QED) is 0.296. The number of hydrogen-bond donors (Lipinski definition) is 1. The van der Waals surface area contributed by atoms with Gasteiger partial charge in [-0.25, -0.2) is 15.0 Å². The second-order valence-electron chi connectivity index (χ2n) is 10.7. The number of anilines is 1. The van der Waals surface area contributed by atoms with Crippen molar-refractivity contribution >= 4 is 22.8 Å². The minimum Gasteiger partial charge on any atom is -0.439 e. The van der Waals surface area contributed by atoms with E-state index in [2.05, 4.69) is 38.3 Å². The van der Waals surface area contributed by atoms with Crippen LogP contribution in [-0.2, 0) is 11.8 Å². The average Bonchev–Trinajstić information content (AvgIpc) is 3.25. The van der Waals surface area contributed by atoms with Crippen LogP contribution in [0.4, 0.5) is 5.82 Å². The molecular weight excluding hydrogens is 514 g/mol. The number of ether oxygens (including phenoxy) is 1. The van der Waals surface area contributed by atoms with Crippen LogP contribution >= 0.6 is 0 Å². The molecule has 0 aliphatic carbocycles. The van der Waals surface area contributed by atoms with Crippen molar-refractivity contribution < 1.29 is 9.53 Å². The predicted octanol–water partition coefficient (Wildman–Crippen LogP) is 4.17. The second-order valence-corrected chi connectivity index (χ2v) is 10.7. The molecule has 1 amide bonds. The molecule has 9 heteroatoms. The first-order valence-electron chi connectivity index (χ1n) is 13.9. The zero-order chi connectivity index (χ0) is 28.5. The summed E-state index contributed by atoms with van der Waals surface area (Å²) in [5.41, 5.74) is 10.8. The van der Waals surface area contributed by atoms with Crippen molar-refractivity contribution in [3.05, 3.63) is 72.8 Å². The third-order valence-corrected chi connectivity index (χ3v) is 8.00. The van der Waals surface area contributed by atoms with Gasteiger partial charge in [-0.1, -0.05) is 30.7 Å². The molecule has 0 radical (unpaired) electrons. The number of carbonyl (C=O) groups excluding carboxylic acids is 1. The number of carbonyl (C=O) groups is 1. The number of aromatic nitrogens is 4. The van der Waals surface area contributed by atoms with E-state index in [1.165, 1.54) is 12.4 Å². The molecule has 5 heterocycles. The van der Waals surface area contributed by atoms with Gasteiger partial charge < -0.3 is 19.9 Å². The molecule has 0 bridgehead atoms. The van der Waals surface area contributed by atoms with Crippen LogP contribution in [0.5, 0.6) is 11.6 Å². The summed E-state index contributed by atoms with van der Waals surface area (Å²) in [6.07, 6.45) is 4.87. The maximum absolute atomic E-state index is 11.9. The van der Waals surface area contributed by atoms with Gasteiger partial charge >= 0.3 is 0 Å². The number of nitrogen functional groups attached to an aromatic ring is 1. The van der Waals surface area contributed by atoms with Crippen LogP contribution in [0.1, 0.15) is 24.2 Å². The van der Waals surface area contributed by atoms with Crippen LogP contribution in [-0.4, -0.2) is 67.4 Å². The molecule has 0 saturated carbocycles. The van der Waals surface area contributed by atoms with Gasteiger partial charge in [-0.05, 0) is 55.5 Å². The molecule has 2 aliphatic rings. The Morgan fingerprint density at radius 1 is 1.12 bits per heavy atom. The molecule has 3 aromatic heterocycles. The molecule has 1 aromatic carbocycles. The van der Waals surface area contributed by atoms with Gasteiger partial charge in [-0.2, -0.15) is 0 Å². The molecule has 2 aliphatic heterocycles. The molecule has 41 heavy (non-hydrogen) atoms. The number of pyridine rings is 1. The van der Waals surface area contributed by atoms with Crippen LogP contribution in [0.15, 0.2) is 61.4 Å². The maximum atomic E-state index is 11.9. The highest BCUT2D eigenvalue weighted by Crippen LogP contribution is 2.37. The molecule has 6 rings (SSSR count). The molecule has 0 unspecified atom stereocenters. The first kappa shape index (κ1) is 26.5. The zero-order valence-electron chi connectivity index (χ0n) is 23.4. The van der Waals surface area contributed by atoms with Gasteiger partial charge in [0.25, 0.3) is 0 Å². The fourth-order valence-electron chi connectivity index (χ4n) is 5.74. The lowest BCUT2D eigenvalue weighted by atomic mass is 9.93. The molecule has 0 spiro atoms. The number of benzene rings is 1. The van der Waals surface area contributed by atoms with Crippen LogP contribution in [0.25, 0.3) is 22.2 Å². The summed E-state index contributed by atoms with van der Waals surface area (Å²) in [5.74, 6) is 8.96. The van der Waals surface area contributed by atoms with Gasteiger partial charge in [0, 0.05) is 62.5 Å². The Labute approximate surface area is 239 Å². The summed E-state index contributed by atoms with van der Waals surface area (Å²) in [7, 11) is 1.97. The Kier molecular flexibility index (Phi) is 7.16. The van der Waals surface area contributed by atoms with E-state index in [0.717, 1.165) is 72.6 Å². The van der Waals surface area contributed by atoms with E-state index in [1.807, 2.05) is 65.9 Å². The minimum absolute atomic E-state index is 0.0253. The highest BCUT2D eigenvalue weighted by Gasteiger charge is 2.34. The van der Waals surface area contributed by atoms with E-state index in [-0.39, 0.29) is 11.8 Å². The van der Waals surface area contributed by atoms with Crippen molar-refractivity contribution in [2.24, 2.45) is 13.0 Å². The van der Waals surface area contributed by atoms with Crippen LogP contribution < -0.4 is 10.5 Å². The number of fused-ring (bicyclic) bond motifs is 1. The van der Waals surface area contributed by atoms with Gasteiger partial charge in [0.05, 0.1) is 5.39 Å². The summed E-state index contributed by atoms with van der Waals surface area (Å²) in [6.45, 7) is 8.99. The van der Waals surface area contributed by atoms with Crippen molar-refractivity contribution in [2.75, 3.05) is 31.9 Å². The second kappa shape index (κ2) is 11.1. The molecule has 2 saturated heterocycles. The maximum Gasteiger partial charge on any atom is 0.245 e. The SMILES string of the molecule is C=CC(=O)N1CCC(N2CC(C#Cc3c(-c4ccc(Oc5cccc(C)n5)cc4)c4c(N)ncnc4n3C)C2)CC1. The fourth-order valence-corrected chi connectivity index (χ4v) is 5.74. The van der Waals surface area contributed by atoms with E-state index in [9.17, 15) is 4.79 Å². The van der Waals surface area contributed by atoms with Crippen molar-refractivity contribution in [2.45, 2.75) is 25.8 Å². The minimum atomic E-state index is 0.0253. The Bertz CT molecular complexity index is 1670. The first-order valence-corrected chi connectivity index (χ1v) is 13.9. The molecule has 2 fully saturated rings. The monoisotopic (exact) mass is 547 g/mol. The molecular formula is C32H33N7O2. The van der Waals surface area contributed by atoms with Gasteiger partial charge in [-0.3, -0.25) is 9.69 Å². The molecule has 9 nitrogen and oxygen atoms in total. The third kappa shape index (κ3) is 5.26. The van der Waals surface area contributed by atoms with Crippen molar-refractivity contribution in [1.29, 1.82) is 0 Å². The van der Waals surface area contributed by atoms with Crippen molar-refractivity contribution in [1.82, 2.24) is 29.3 Å². The number of likely N-dealkylation sites (tertiary alicyclic amines) is 2. The Morgan fingerprint density at radius 2 is 1.88 bits per heavy atom. The number of aryl methyl sites for hydroxylation is 2. The van der Waals surface area contributed by atoms with Gasteiger partial charge in [0.2, 0.25) is 11.8 Å². The lowest BCUT2D eigenvalue weighted by molar-refractivity contribution is -0.127. The summed E-state index contributed by atoms with van der Waals surface area (Å²) in [5, 5.41) is 0.796. The molecule has 2 N–H and O–H groups in total. The Hall–Kier alpha value is -4.68. The summed E-state index contributed by atoms with van der Waals surface area (Å²) in [4.78, 5) is 29.5. The normalized spacial score (nSPS) is 16.2. The van der Waals surface area contributed by atoms with Crippen molar-refractivity contribution in [3.8, 4) is 34.6 Å². The summed E-state index contributed by atoms with van der Waals surface area (Å²) in [6, 6.07) is 14.1. The van der Waals surface area contributed by atoms with E-state index in [4.69, 9.17) is 10.5 Å². The Balaban J connectivity index is 1.22. The van der Waals surface area contributed by atoms with E-state index >= 15 is 0 Å². The number of amides is 1. The number of nitrogens with zero attached hydrogens (tertiary/aromatic N) is 6. The van der Waals surface area contributed by atoms with Crippen molar-refractivity contribution in [3.63, 3.8) is 0 Å². The zero-order valence-corrected chi connectivity index (χ0v) is 23.4. The molecule has 208 valence electrons. The van der Waals surface area contributed by atoms with Crippen LogP contribution in [0.3, 0.4) is 0 Å². The van der Waals surface area contributed by atoms with Gasteiger partial charge in [0.1, 0.15) is 29.2 Å². The largest absolute Gasteiger partial charge is 0.439 e. The van der Waals surface area contributed by atoms with Crippen LogP contribution in [0, 0.1) is 24.7 Å². The third-order valence-electron chi connectivity index (χ3n) is 8.00. The van der Waals surface area contributed by atoms with E-state index in [1.54, 1.807) is 0 Å². The van der Waals surface area contributed by atoms with Gasteiger partial charge in [-0.15, -0.1) is 0 Å². The lowest BCUT2D eigenvalue weighted by Crippen LogP contribution is -2.55. The number of piperidine rings is 1. The average molecular weight is 548 g/mol. The fraction of sp³-hybridized carbons (Fsp3) is 0.312. The predicted molar refractivity (Wildman–Crippen MR) is 159 cm³/mol. The number of rotatable bonds is 5. The molecule has 4 aromatic rings. The number of nitrogens with two attached hydrogens (primary N) is 1. The number of hydrogen-bond acceptors (Lipinski definition) is 7. The topological polar surface area (TPSA) is 102 Å². The van der Waals surface area contributed by atoms with Crippen LogP contribution in [0.2, 0.25) is 0 Å². The standard InChI is InChI=1S/C32H33N7O2/c1-4-28(40)38-16-14-24(15-17-38)39-18-22(19-39)8-13-26-29(30-31(33)34-20-35-32(30)37(26)3)23-9-11-25(12-10-23)41-27-7-5-6-21(2)36-27/h4-7,9-12,20,22,24H,1,14-19H2,2-3H3,(H2,33,34,35).